The number of carbonyl (C=O) groups is 1. The van der Waals surface area contributed by atoms with E-state index in [9.17, 15) is 4.79 Å². The molecule has 2 aromatic heterocycles. The first-order valence-corrected chi connectivity index (χ1v) is 9.20. The zero-order chi connectivity index (χ0) is 18.6. The minimum absolute atomic E-state index is 0.0655. The van der Waals surface area contributed by atoms with Gasteiger partial charge in [0.15, 0.2) is 0 Å². The summed E-state index contributed by atoms with van der Waals surface area (Å²) >= 11 is 0. The summed E-state index contributed by atoms with van der Waals surface area (Å²) in [5.74, 6) is 0.817. The molecule has 4 rings (SSSR count). The fourth-order valence-electron chi connectivity index (χ4n) is 3.42. The summed E-state index contributed by atoms with van der Waals surface area (Å²) in [6.45, 7) is 1.67. The van der Waals surface area contributed by atoms with Gasteiger partial charge in [-0.3, -0.25) is 9.78 Å². The maximum Gasteiger partial charge on any atom is 0.255 e. The first kappa shape index (κ1) is 17.3. The maximum absolute atomic E-state index is 12.6. The van der Waals surface area contributed by atoms with Gasteiger partial charge in [-0.25, -0.2) is 4.68 Å². The van der Waals surface area contributed by atoms with E-state index in [1.165, 1.54) is 6.42 Å². The SMILES string of the molecule is COc1ccc(-c2ccc(C(=O)N3CCCCC3)cn2)c(-n2cccn2)c1. The fraction of sp³-hybridized carbons (Fsp3) is 0.286. The smallest absolute Gasteiger partial charge is 0.255 e. The van der Waals surface area contributed by atoms with Gasteiger partial charge in [0.05, 0.1) is 24.1 Å². The Morgan fingerprint density at radius 3 is 2.63 bits per heavy atom. The molecule has 6 nitrogen and oxygen atoms in total. The zero-order valence-electron chi connectivity index (χ0n) is 15.3. The molecule has 1 saturated heterocycles. The number of methoxy groups -OCH3 is 1. The number of benzene rings is 1. The standard InChI is InChI=1S/C21H22N4O2/c1-27-17-7-8-18(20(14-17)25-13-5-10-23-25)19-9-6-16(15-22-19)21(26)24-11-3-2-4-12-24/h5-10,13-15H,2-4,11-12H2,1H3. The molecular formula is C21H22N4O2. The number of hydrogen-bond donors (Lipinski definition) is 0. The van der Waals surface area contributed by atoms with Gasteiger partial charge in [0.2, 0.25) is 0 Å². The molecule has 138 valence electrons. The quantitative estimate of drug-likeness (QED) is 0.712. The molecule has 1 amide bonds. The Kier molecular flexibility index (Phi) is 4.87. The van der Waals surface area contributed by atoms with Crippen LogP contribution in [0, 0.1) is 0 Å². The number of aromatic nitrogens is 3. The predicted octanol–water partition coefficient (Wildman–Crippen LogP) is 3.57. The Morgan fingerprint density at radius 2 is 1.96 bits per heavy atom. The molecule has 0 radical (unpaired) electrons. The van der Waals surface area contributed by atoms with Gasteiger partial charge >= 0.3 is 0 Å². The van der Waals surface area contributed by atoms with E-state index in [0.717, 1.165) is 48.6 Å². The van der Waals surface area contributed by atoms with E-state index in [2.05, 4.69) is 10.1 Å². The van der Waals surface area contributed by atoms with Crippen LogP contribution in [0.25, 0.3) is 16.9 Å². The van der Waals surface area contributed by atoms with Crippen molar-refractivity contribution in [2.24, 2.45) is 0 Å². The highest BCUT2D eigenvalue weighted by Crippen LogP contribution is 2.29. The molecule has 0 N–H and O–H groups in total. The molecule has 0 saturated carbocycles. The lowest BCUT2D eigenvalue weighted by Crippen LogP contribution is -2.35. The molecule has 0 aliphatic carbocycles. The molecule has 0 atom stereocenters. The van der Waals surface area contributed by atoms with Gasteiger partial charge in [0, 0.05) is 43.3 Å². The van der Waals surface area contributed by atoms with Crippen LogP contribution in [0.3, 0.4) is 0 Å². The van der Waals surface area contributed by atoms with Crippen LogP contribution in [-0.4, -0.2) is 45.8 Å². The van der Waals surface area contributed by atoms with Crippen molar-refractivity contribution in [3.05, 3.63) is 60.6 Å². The number of rotatable bonds is 4. The van der Waals surface area contributed by atoms with Crippen LogP contribution in [0.1, 0.15) is 29.6 Å². The Labute approximate surface area is 158 Å². The van der Waals surface area contributed by atoms with Crippen LogP contribution >= 0.6 is 0 Å². The lowest BCUT2D eigenvalue weighted by atomic mass is 10.1. The minimum atomic E-state index is 0.0655. The number of nitrogens with zero attached hydrogens (tertiary/aromatic N) is 4. The van der Waals surface area contributed by atoms with E-state index in [-0.39, 0.29) is 5.91 Å². The van der Waals surface area contributed by atoms with Gasteiger partial charge in [-0.1, -0.05) is 0 Å². The zero-order valence-corrected chi connectivity index (χ0v) is 15.3. The summed E-state index contributed by atoms with van der Waals surface area (Å²) in [4.78, 5) is 19.1. The van der Waals surface area contributed by atoms with E-state index >= 15 is 0 Å². The molecule has 1 aliphatic rings. The van der Waals surface area contributed by atoms with Crippen molar-refractivity contribution in [1.29, 1.82) is 0 Å². The molecule has 0 bridgehead atoms. The van der Waals surface area contributed by atoms with Crippen LogP contribution in [0.4, 0.5) is 0 Å². The van der Waals surface area contributed by atoms with Crippen molar-refractivity contribution in [2.75, 3.05) is 20.2 Å². The third kappa shape index (κ3) is 3.56. The highest BCUT2D eigenvalue weighted by atomic mass is 16.5. The van der Waals surface area contributed by atoms with E-state index in [1.807, 2.05) is 47.5 Å². The minimum Gasteiger partial charge on any atom is -0.497 e. The Bertz CT molecular complexity index is 914. The van der Waals surface area contributed by atoms with Crippen LogP contribution in [-0.2, 0) is 0 Å². The first-order valence-electron chi connectivity index (χ1n) is 9.20. The van der Waals surface area contributed by atoms with Crippen LogP contribution in [0.2, 0.25) is 0 Å². The van der Waals surface area contributed by atoms with Crippen molar-refractivity contribution < 1.29 is 9.53 Å². The number of amides is 1. The van der Waals surface area contributed by atoms with Gasteiger partial charge in [-0.05, 0) is 49.6 Å². The second-order valence-corrected chi connectivity index (χ2v) is 6.62. The second-order valence-electron chi connectivity index (χ2n) is 6.62. The van der Waals surface area contributed by atoms with Gasteiger partial charge in [0.1, 0.15) is 5.75 Å². The Balaban J connectivity index is 1.65. The second kappa shape index (κ2) is 7.61. The van der Waals surface area contributed by atoms with Crippen molar-refractivity contribution in [3.8, 4) is 22.7 Å². The summed E-state index contributed by atoms with van der Waals surface area (Å²) in [6.07, 6.45) is 8.65. The molecule has 1 aromatic carbocycles. The predicted molar refractivity (Wildman–Crippen MR) is 103 cm³/mol. The van der Waals surface area contributed by atoms with Gasteiger partial charge < -0.3 is 9.64 Å². The summed E-state index contributed by atoms with van der Waals surface area (Å²) in [6, 6.07) is 11.4. The molecule has 6 heteroatoms. The number of hydrogen-bond acceptors (Lipinski definition) is 4. The van der Waals surface area contributed by atoms with Gasteiger partial charge in [-0.15, -0.1) is 0 Å². The van der Waals surface area contributed by atoms with Gasteiger partial charge in [0.25, 0.3) is 5.91 Å². The maximum atomic E-state index is 12.6. The van der Waals surface area contributed by atoms with Gasteiger partial charge in [-0.2, -0.15) is 5.10 Å². The average Bonchev–Trinajstić information content (AvgIpc) is 3.28. The topological polar surface area (TPSA) is 60.2 Å². The number of piperidine rings is 1. The third-order valence-corrected chi connectivity index (χ3v) is 4.89. The van der Waals surface area contributed by atoms with Crippen LogP contribution in [0.15, 0.2) is 55.0 Å². The summed E-state index contributed by atoms with van der Waals surface area (Å²) in [5.41, 5.74) is 3.23. The lowest BCUT2D eigenvalue weighted by Gasteiger charge is -2.26. The number of likely N-dealkylation sites (tertiary alicyclic amines) is 1. The fourth-order valence-corrected chi connectivity index (χ4v) is 3.42. The monoisotopic (exact) mass is 362 g/mol. The number of ether oxygens (including phenoxy) is 1. The van der Waals surface area contributed by atoms with Crippen molar-refractivity contribution in [2.45, 2.75) is 19.3 Å². The number of carbonyl (C=O) groups excluding carboxylic acids is 1. The number of pyridine rings is 1. The molecular weight excluding hydrogens is 340 g/mol. The highest BCUT2D eigenvalue weighted by molar-refractivity contribution is 5.94. The summed E-state index contributed by atoms with van der Waals surface area (Å²) in [7, 11) is 1.64. The molecule has 0 unspecified atom stereocenters. The van der Waals surface area contributed by atoms with E-state index in [1.54, 1.807) is 24.2 Å². The molecule has 0 spiro atoms. The normalized spacial score (nSPS) is 14.2. The van der Waals surface area contributed by atoms with Crippen molar-refractivity contribution >= 4 is 5.91 Å². The molecule has 1 fully saturated rings. The van der Waals surface area contributed by atoms with Crippen LogP contribution < -0.4 is 4.74 Å². The summed E-state index contributed by atoms with van der Waals surface area (Å²) < 4.78 is 7.13. The molecule has 27 heavy (non-hydrogen) atoms. The third-order valence-electron chi connectivity index (χ3n) is 4.89. The Hall–Kier alpha value is -3.15. The first-order chi connectivity index (χ1) is 13.3. The van der Waals surface area contributed by atoms with E-state index in [0.29, 0.717) is 5.56 Å². The molecule has 1 aliphatic heterocycles. The summed E-state index contributed by atoms with van der Waals surface area (Å²) in [5, 5.41) is 4.33. The van der Waals surface area contributed by atoms with Crippen molar-refractivity contribution in [1.82, 2.24) is 19.7 Å². The van der Waals surface area contributed by atoms with Crippen LogP contribution in [0.5, 0.6) is 5.75 Å². The molecule has 3 aromatic rings. The molecule has 3 heterocycles. The van der Waals surface area contributed by atoms with E-state index < -0.39 is 0 Å². The average molecular weight is 362 g/mol. The Morgan fingerprint density at radius 1 is 1.11 bits per heavy atom. The lowest BCUT2D eigenvalue weighted by molar-refractivity contribution is 0.0724. The largest absolute Gasteiger partial charge is 0.497 e. The van der Waals surface area contributed by atoms with Crippen molar-refractivity contribution in [3.63, 3.8) is 0 Å². The highest BCUT2D eigenvalue weighted by Gasteiger charge is 2.19. The van der Waals surface area contributed by atoms with E-state index in [4.69, 9.17) is 4.74 Å².